The second kappa shape index (κ2) is 5.73. The third kappa shape index (κ3) is 2.59. The number of hydrogen-bond donors (Lipinski definition) is 1. The number of methoxy groups -OCH3 is 1. The van der Waals surface area contributed by atoms with Crippen LogP contribution in [0.3, 0.4) is 0 Å². The van der Waals surface area contributed by atoms with Crippen LogP contribution in [0.4, 0.5) is 0 Å². The highest BCUT2D eigenvalue weighted by atomic mass is 35.5. The summed E-state index contributed by atoms with van der Waals surface area (Å²) in [4.78, 5) is 26.4. The molecule has 2 rings (SSSR count). The minimum absolute atomic E-state index is 0.00895. The topological polar surface area (TPSA) is 64.1 Å². The van der Waals surface area contributed by atoms with Gasteiger partial charge in [-0.15, -0.1) is 0 Å². The van der Waals surface area contributed by atoms with Crippen LogP contribution in [0.5, 0.6) is 5.75 Å². The van der Waals surface area contributed by atoms with Gasteiger partial charge < -0.3 is 4.74 Å². The zero-order chi connectivity index (χ0) is 14.9. The average Bonchev–Trinajstić information content (AvgIpc) is 2.42. The van der Waals surface area contributed by atoms with Crippen LogP contribution in [-0.4, -0.2) is 16.7 Å². The number of nitrogens with zero attached hydrogens (tertiary/aromatic N) is 1. The monoisotopic (exact) mass is 314 g/mol. The first kappa shape index (κ1) is 14.7. The largest absolute Gasteiger partial charge is 0.496 e. The van der Waals surface area contributed by atoms with E-state index in [4.69, 9.17) is 27.9 Å². The highest BCUT2D eigenvalue weighted by Crippen LogP contribution is 2.26. The molecule has 0 bridgehead atoms. The van der Waals surface area contributed by atoms with E-state index in [0.29, 0.717) is 16.3 Å². The molecule has 0 aliphatic carbocycles. The molecular formula is C13H12Cl2N2O3. The smallest absolute Gasteiger partial charge is 0.329 e. The Balaban J connectivity index is 2.60. The van der Waals surface area contributed by atoms with Crippen LogP contribution in [0.1, 0.15) is 11.1 Å². The molecule has 1 N–H and O–H groups in total. The molecule has 0 spiro atoms. The maximum Gasteiger partial charge on any atom is 0.329 e. The Morgan fingerprint density at radius 3 is 2.65 bits per heavy atom. The van der Waals surface area contributed by atoms with Crippen LogP contribution >= 0.6 is 23.2 Å². The Morgan fingerprint density at radius 2 is 2.00 bits per heavy atom. The highest BCUT2D eigenvalue weighted by molar-refractivity contribution is 6.31. The van der Waals surface area contributed by atoms with Gasteiger partial charge in [0.25, 0.3) is 5.56 Å². The number of rotatable bonds is 3. The fraction of sp³-hybridized carbons (Fsp3) is 0.231. The predicted molar refractivity (Wildman–Crippen MR) is 78.2 cm³/mol. The summed E-state index contributed by atoms with van der Waals surface area (Å²) in [5.74, 6) is 0.511. The summed E-state index contributed by atoms with van der Waals surface area (Å²) in [6.07, 6.45) is 0. The molecule has 1 aromatic carbocycles. The fourth-order valence-corrected chi connectivity index (χ4v) is 2.22. The first-order valence-corrected chi connectivity index (χ1v) is 6.52. The standard InChI is InChI=1S/C13H12Cl2N2O3/c1-7-11(15)16-13(19)17(12(7)18)6-8-9(14)4-3-5-10(8)20-2/h3-5H,6H2,1-2H3,(H,16,19). The lowest BCUT2D eigenvalue weighted by Gasteiger charge is -2.12. The van der Waals surface area contributed by atoms with E-state index in [1.54, 1.807) is 25.1 Å². The Bertz CT molecular complexity index is 765. The zero-order valence-electron chi connectivity index (χ0n) is 10.9. The molecule has 0 saturated carbocycles. The number of ether oxygens (including phenoxy) is 1. The minimum atomic E-state index is -0.590. The van der Waals surface area contributed by atoms with E-state index in [0.717, 1.165) is 4.57 Å². The third-order valence-corrected chi connectivity index (χ3v) is 3.70. The first-order valence-electron chi connectivity index (χ1n) is 5.76. The van der Waals surface area contributed by atoms with Gasteiger partial charge in [0.15, 0.2) is 0 Å². The number of aromatic nitrogens is 2. The van der Waals surface area contributed by atoms with E-state index in [1.165, 1.54) is 7.11 Å². The molecule has 7 heteroatoms. The van der Waals surface area contributed by atoms with Gasteiger partial charge in [-0.05, 0) is 19.1 Å². The van der Waals surface area contributed by atoms with Crippen molar-refractivity contribution >= 4 is 23.2 Å². The summed E-state index contributed by atoms with van der Waals surface area (Å²) >= 11 is 11.9. The maximum absolute atomic E-state index is 12.1. The van der Waals surface area contributed by atoms with Gasteiger partial charge in [0.1, 0.15) is 10.9 Å². The third-order valence-electron chi connectivity index (χ3n) is 2.97. The van der Waals surface area contributed by atoms with Crippen molar-refractivity contribution in [3.05, 3.63) is 60.3 Å². The second-order valence-electron chi connectivity index (χ2n) is 4.18. The summed E-state index contributed by atoms with van der Waals surface area (Å²) < 4.78 is 6.23. The second-order valence-corrected chi connectivity index (χ2v) is 4.97. The summed E-state index contributed by atoms with van der Waals surface area (Å²) in [5, 5.41) is 0.464. The van der Waals surface area contributed by atoms with E-state index in [1.807, 2.05) is 0 Å². The van der Waals surface area contributed by atoms with Crippen LogP contribution < -0.4 is 16.0 Å². The summed E-state index contributed by atoms with van der Waals surface area (Å²) in [6.45, 7) is 1.55. The molecule has 0 fully saturated rings. The van der Waals surface area contributed by atoms with Crippen LogP contribution in [0.15, 0.2) is 27.8 Å². The first-order chi connectivity index (χ1) is 9.45. The number of halogens is 2. The number of nitrogens with one attached hydrogen (secondary N) is 1. The molecule has 106 valence electrons. The van der Waals surface area contributed by atoms with Gasteiger partial charge in [0.2, 0.25) is 0 Å². The molecule has 0 radical (unpaired) electrons. The quantitative estimate of drug-likeness (QED) is 0.883. The lowest BCUT2D eigenvalue weighted by Crippen LogP contribution is -2.37. The van der Waals surface area contributed by atoms with Gasteiger partial charge in [-0.2, -0.15) is 0 Å². The van der Waals surface area contributed by atoms with Gasteiger partial charge in [-0.3, -0.25) is 14.3 Å². The lowest BCUT2D eigenvalue weighted by atomic mass is 10.2. The van der Waals surface area contributed by atoms with Gasteiger partial charge in [0, 0.05) is 16.1 Å². The normalized spacial score (nSPS) is 10.6. The van der Waals surface area contributed by atoms with Crippen LogP contribution in [0, 0.1) is 6.92 Å². The molecule has 2 aromatic rings. The molecule has 0 unspecified atom stereocenters. The molecule has 0 atom stereocenters. The molecule has 1 aromatic heterocycles. The molecule has 0 saturated heterocycles. The Labute approximate surface area is 124 Å². The van der Waals surface area contributed by atoms with E-state index in [-0.39, 0.29) is 17.3 Å². The molecule has 1 heterocycles. The van der Waals surface area contributed by atoms with Crippen molar-refractivity contribution in [2.45, 2.75) is 13.5 Å². The SMILES string of the molecule is COc1cccc(Cl)c1Cn1c(=O)[nH]c(Cl)c(C)c1=O. The zero-order valence-corrected chi connectivity index (χ0v) is 12.4. The van der Waals surface area contributed by atoms with Crippen LogP contribution in [0.25, 0.3) is 0 Å². The number of H-pyrrole nitrogens is 1. The van der Waals surface area contributed by atoms with Gasteiger partial charge in [-0.25, -0.2) is 4.79 Å². The molecule has 20 heavy (non-hydrogen) atoms. The number of hydrogen-bond acceptors (Lipinski definition) is 3. The van der Waals surface area contributed by atoms with Crippen molar-refractivity contribution < 1.29 is 4.74 Å². The maximum atomic E-state index is 12.1. The molecule has 0 aliphatic rings. The van der Waals surface area contributed by atoms with Gasteiger partial charge in [-0.1, -0.05) is 29.3 Å². The van der Waals surface area contributed by atoms with Crippen molar-refractivity contribution in [2.24, 2.45) is 0 Å². The highest BCUT2D eigenvalue weighted by Gasteiger charge is 2.13. The lowest BCUT2D eigenvalue weighted by molar-refractivity contribution is 0.407. The van der Waals surface area contributed by atoms with Gasteiger partial charge in [0.05, 0.1) is 13.7 Å². The van der Waals surface area contributed by atoms with E-state index in [2.05, 4.69) is 4.98 Å². The van der Waals surface area contributed by atoms with Crippen LogP contribution in [-0.2, 0) is 6.54 Å². The number of aromatic amines is 1. The average molecular weight is 315 g/mol. The molecule has 0 amide bonds. The van der Waals surface area contributed by atoms with Crippen molar-refractivity contribution in [3.8, 4) is 5.75 Å². The molecule has 0 aliphatic heterocycles. The van der Waals surface area contributed by atoms with E-state index < -0.39 is 11.2 Å². The summed E-state index contributed by atoms with van der Waals surface area (Å²) in [6, 6.07) is 5.11. The van der Waals surface area contributed by atoms with Crippen molar-refractivity contribution in [2.75, 3.05) is 7.11 Å². The summed E-state index contributed by atoms with van der Waals surface area (Å²) in [7, 11) is 1.50. The Kier molecular flexibility index (Phi) is 4.20. The fourth-order valence-electron chi connectivity index (χ4n) is 1.83. The molecule has 5 nitrogen and oxygen atoms in total. The van der Waals surface area contributed by atoms with Crippen molar-refractivity contribution in [3.63, 3.8) is 0 Å². The van der Waals surface area contributed by atoms with Crippen molar-refractivity contribution in [1.29, 1.82) is 0 Å². The number of benzene rings is 1. The van der Waals surface area contributed by atoms with Gasteiger partial charge >= 0.3 is 5.69 Å². The Morgan fingerprint density at radius 1 is 1.30 bits per heavy atom. The molecular weight excluding hydrogens is 303 g/mol. The summed E-state index contributed by atoms with van der Waals surface area (Å²) in [5.41, 5.74) is -0.212. The predicted octanol–water partition coefficient (Wildman–Crippen LogP) is 2.21. The van der Waals surface area contributed by atoms with E-state index in [9.17, 15) is 9.59 Å². The van der Waals surface area contributed by atoms with Crippen molar-refractivity contribution in [1.82, 2.24) is 9.55 Å². The van der Waals surface area contributed by atoms with Crippen LogP contribution in [0.2, 0.25) is 10.2 Å². The van der Waals surface area contributed by atoms with E-state index >= 15 is 0 Å². The Hall–Kier alpha value is -1.72. The minimum Gasteiger partial charge on any atom is -0.496 e.